The second-order valence-corrected chi connectivity index (χ2v) is 4.69. The van der Waals surface area contributed by atoms with E-state index in [2.05, 4.69) is 0 Å². The Balaban J connectivity index is 3.57. The van der Waals surface area contributed by atoms with Gasteiger partial charge in [0.2, 0.25) is 0 Å². The molecule has 20 heavy (non-hydrogen) atoms. The van der Waals surface area contributed by atoms with Crippen molar-refractivity contribution < 1.29 is 23.9 Å². The predicted octanol–water partition coefficient (Wildman–Crippen LogP) is 2.80. The third-order valence-electron chi connectivity index (χ3n) is 2.74. The van der Waals surface area contributed by atoms with Gasteiger partial charge in [-0.2, -0.15) is 0 Å². The lowest BCUT2D eigenvalue weighted by molar-refractivity contribution is -0.145. The maximum atomic E-state index is 11.5. The molecular formula is C15H26O5. The molecule has 0 amide bonds. The smallest absolute Gasteiger partial charge is 0.306 e. The molecule has 0 saturated carbocycles. The van der Waals surface area contributed by atoms with Crippen molar-refractivity contribution in [3.05, 3.63) is 0 Å². The quantitative estimate of drug-likeness (QED) is 0.407. The average molecular weight is 286 g/mol. The lowest BCUT2D eigenvalue weighted by Gasteiger charge is -2.04. The van der Waals surface area contributed by atoms with Gasteiger partial charge in [-0.25, -0.2) is 0 Å². The maximum Gasteiger partial charge on any atom is 0.306 e. The van der Waals surface area contributed by atoms with E-state index in [0.717, 1.165) is 25.7 Å². The van der Waals surface area contributed by atoms with E-state index in [9.17, 15) is 14.4 Å². The van der Waals surface area contributed by atoms with Crippen LogP contribution in [0.4, 0.5) is 0 Å². The number of carbonyl (C=O) groups is 3. The summed E-state index contributed by atoms with van der Waals surface area (Å²) in [6, 6.07) is 0. The molecule has 0 aliphatic rings. The number of rotatable bonds is 12. The van der Waals surface area contributed by atoms with Crippen LogP contribution in [-0.4, -0.2) is 30.9 Å². The number of hydrogen-bond donors (Lipinski definition) is 0. The molecule has 0 aromatic heterocycles. The number of hydrogen-bond acceptors (Lipinski definition) is 5. The number of ether oxygens (including phenoxy) is 2. The van der Waals surface area contributed by atoms with Gasteiger partial charge in [0.1, 0.15) is 5.78 Å². The molecule has 0 aliphatic heterocycles. The molecule has 0 aliphatic carbocycles. The monoisotopic (exact) mass is 286 g/mol. The highest BCUT2D eigenvalue weighted by Gasteiger charge is 2.11. The Morgan fingerprint density at radius 3 is 1.45 bits per heavy atom. The minimum atomic E-state index is -0.350. The van der Waals surface area contributed by atoms with E-state index in [4.69, 9.17) is 9.47 Å². The van der Waals surface area contributed by atoms with E-state index in [1.54, 1.807) is 0 Å². The molecule has 0 radical (unpaired) electrons. The summed E-state index contributed by atoms with van der Waals surface area (Å²) in [4.78, 5) is 34.0. The van der Waals surface area contributed by atoms with E-state index in [-0.39, 0.29) is 43.4 Å². The second kappa shape index (κ2) is 12.6. The van der Waals surface area contributed by atoms with E-state index >= 15 is 0 Å². The normalized spacial score (nSPS) is 10.1. The third kappa shape index (κ3) is 11.7. The fourth-order valence-corrected chi connectivity index (χ4v) is 1.41. The maximum absolute atomic E-state index is 11.5. The highest BCUT2D eigenvalue weighted by molar-refractivity contribution is 5.85. The SMILES string of the molecule is CCCCOC(=O)CCC(=O)CCC(=O)OCCCC. The molecule has 0 bridgehead atoms. The van der Waals surface area contributed by atoms with Gasteiger partial charge in [0.15, 0.2) is 0 Å². The first-order chi connectivity index (χ1) is 9.60. The molecule has 0 aromatic carbocycles. The van der Waals surface area contributed by atoms with Crippen LogP contribution < -0.4 is 0 Å². The Labute approximate surface area is 121 Å². The summed E-state index contributed by atoms with van der Waals surface area (Å²) in [7, 11) is 0. The molecule has 0 saturated heterocycles. The zero-order chi connectivity index (χ0) is 15.2. The Bertz CT molecular complexity index is 271. The first-order valence-corrected chi connectivity index (χ1v) is 7.43. The van der Waals surface area contributed by atoms with Gasteiger partial charge >= 0.3 is 11.9 Å². The number of unbranched alkanes of at least 4 members (excludes halogenated alkanes) is 2. The van der Waals surface area contributed by atoms with Crippen molar-refractivity contribution in [1.29, 1.82) is 0 Å². The number of Topliss-reactive ketones (excluding diaryl/α,β-unsaturated/α-hetero) is 1. The van der Waals surface area contributed by atoms with Gasteiger partial charge in [0.25, 0.3) is 0 Å². The van der Waals surface area contributed by atoms with Gasteiger partial charge < -0.3 is 9.47 Å². The molecule has 0 atom stereocenters. The second-order valence-electron chi connectivity index (χ2n) is 4.69. The molecule has 5 heteroatoms. The highest BCUT2D eigenvalue weighted by atomic mass is 16.5. The summed E-state index contributed by atoms with van der Waals surface area (Å²) in [6.45, 7) is 4.84. The van der Waals surface area contributed by atoms with Gasteiger partial charge in [-0.1, -0.05) is 26.7 Å². The van der Waals surface area contributed by atoms with Crippen molar-refractivity contribution >= 4 is 17.7 Å². The topological polar surface area (TPSA) is 69.7 Å². The summed E-state index contributed by atoms with van der Waals surface area (Å²) in [5, 5.41) is 0. The van der Waals surface area contributed by atoms with Crippen LogP contribution in [0.25, 0.3) is 0 Å². The van der Waals surface area contributed by atoms with Crippen LogP contribution in [0.15, 0.2) is 0 Å². The van der Waals surface area contributed by atoms with Gasteiger partial charge in [0.05, 0.1) is 26.1 Å². The van der Waals surface area contributed by atoms with E-state index in [0.29, 0.717) is 13.2 Å². The number of ketones is 1. The lowest BCUT2D eigenvalue weighted by Crippen LogP contribution is -2.11. The fraction of sp³-hybridized carbons (Fsp3) is 0.800. The molecule has 0 heterocycles. The van der Waals surface area contributed by atoms with Crippen LogP contribution in [0.2, 0.25) is 0 Å². The van der Waals surface area contributed by atoms with Gasteiger partial charge in [-0.15, -0.1) is 0 Å². The third-order valence-corrected chi connectivity index (χ3v) is 2.74. The zero-order valence-electron chi connectivity index (χ0n) is 12.6. The summed E-state index contributed by atoms with van der Waals surface area (Å²) in [5.74, 6) is -0.806. The molecule has 0 fully saturated rings. The van der Waals surface area contributed by atoms with Crippen molar-refractivity contribution in [2.24, 2.45) is 0 Å². The minimum Gasteiger partial charge on any atom is -0.466 e. The predicted molar refractivity (Wildman–Crippen MR) is 75.2 cm³/mol. The summed E-state index contributed by atoms with van der Waals surface area (Å²) in [5.41, 5.74) is 0. The van der Waals surface area contributed by atoms with E-state index in [1.807, 2.05) is 13.8 Å². The summed E-state index contributed by atoms with van der Waals surface area (Å²) in [6.07, 6.45) is 4.05. The molecule has 0 N–H and O–H groups in total. The molecule has 0 unspecified atom stereocenters. The minimum absolute atomic E-state index is 0.0907. The van der Waals surface area contributed by atoms with Crippen molar-refractivity contribution in [3.63, 3.8) is 0 Å². The van der Waals surface area contributed by atoms with Gasteiger partial charge in [0, 0.05) is 12.8 Å². The highest BCUT2D eigenvalue weighted by Crippen LogP contribution is 2.03. The van der Waals surface area contributed by atoms with Crippen LogP contribution >= 0.6 is 0 Å². The molecule has 0 spiro atoms. The number of esters is 2. The lowest BCUT2D eigenvalue weighted by atomic mass is 10.1. The standard InChI is InChI=1S/C15H26O5/c1-3-5-11-19-14(17)9-7-13(16)8-10-15(18)20-12-6-4-2/h3-12H2,1-2H3. The van der Waals surface area contributed by atoms with E-state index in [1.165, 1.54) is 0 Å². The fourth-order valence-electron chi connectivity index (χ4n) is 1.41. The van der Waals surface area contributed by atoms with Gasteiger partial charge in [-0.05, 0) is 12.8 Å². The molecule has 0 rings (SSSR count). The zero-order valence-corrected chi connectivity index (χ0v) is 12.6. The van der Waals surface area contributed by atoms with Gasteiger partial charge in [-0.3, -0.25) is 14.4 Å². The summed E-state index contributed by atoms with van der Waals surface area (Å²) < 4.78 is 9.88. The van der Waals surface area contributed by atoms with Crippen LogP contribution in [0.1, 0.15) is 65.2 Å². The average Bonchev–Trinajstić information content (AvgIpc) is 2.43. The molecule has 116 valence electrons. The molecular weight excluding hydrogens is 260 g/mol. The Hall–Kier alpha value is -1.39. The van der Waals surface area contributed by atoms with Crippen molar-refractivity contribution in [3.8, 4) is 0 Å². The first-order valence-electron chi connectivity index (χ1n) is 7.43. The molecule has 0 aromatic rings. The van der Waals surface area contributed by atoms with Crippen molar-refractivity contribution in [2.45, 2.75) is 65.2 Å². The van der Waals surface area contributed by atoms with Crippen LogP contribution in [-0.2, 0) is 23.9 Å². The Kier molecular flexibility index (Phi) is 11.8. The molecule has 5 nitrogen and oxygen atoms in total. The first kappa shape index (κ1) is 18.6. The van der Waals surface area contributed by atoms with Crippen LogP contribution in [0.5, 0.6) is 0 Å². The number of carbonyl (C=O) groups excluding carboxylic acids is 3. The Morgan fingerprint density at radius 1 is 0.700 bits per heavy atom. The van der Waals surface area contributed by atoms with Crippen LogP contribution in [0, 0.1) is 0 Å². The van der Waals surface area contributed by atoms with Crippen molar-refractivity contribution in [1.82, 2.24) is 0 Å². The van der Waals surface area contributed by atoms with Crippen LogP contribution in [0.3, 0.4) is 0 Å². The Morgan fingerprint density at radius 2 is 1.10 bits per heavy atom. The van der Waals surface area contributed by atoms with E-state index < -0.39 is 0 Å². The summed E-state index contributed by atoms with van der Waals surface area (Å²) >= 11 is 0. The largest absolute Gasteiger partial charge is 0.466 e. The van der Waals surface area contributed by atoms with Crippen molar-refractivity contribution in [2.75, 3.05) is 13.2 Å².